The zero-order chi connectivity index (χ0) is 18.3. The molecule has 130 valence electrons. The van der Waals surface area contributed by atoms with E-state index in [1.165, 1.54) is 0 Å². The molecule has 0 atom stereocenters. The number of esters is 1. The molecule has 0 aliphatic carbocycles. The van der Waals surface area contributed by atoms with E-state index in [9.17, 15) is 35.1 Å². The fourth-order valence-corrected chi connectivity index (χ4v) is 1.97. The molecule has 11 heteroatoms. The molecule has 0 heterocycles. The average Bonchev–Trinajstić information content (AvgIpc) is 2.52. The summed E-state index contributed by atoms with van der Waals surface area (Å²) in [7, 11) is 0. The number of benzene rings is 1. The number of hydrogen-bond acceptors (Lipinski definition) is 8. The van der Waals surface area contributed by atoms with Crippen LogP contribution < -0.4 is 0 Å². The van der Waals surface area contributed by atoms with Crippen molar-refractivity contribution < 1.29 is 24.3 Å². The Hall–Kier alpha value is -3.11. The Bertz CT molecular complexity index is 638. The second kappa shape index (κ2) is 8.50. The highest BCUT2D eigenvalue weighted by molar-refractivity contribution is 5.99. The molecule has 0 spiro atoms. The molecule has 1 aromatic rings. The van der Waals surface area contributed by atoms with Crippen LogP contribution >= 0.6 is 0 Å². The highest BCUT2D eigenvalue weighted by atomic mass is 16.6. The molecule has 0 radical (unpaired) electrons. The summed E-state index contributed by atoms with van der Waals surface area (Å²) in [5, 5.41) is 32.8. The average molecular weight is 341 g/mol. The summed E-state index contributed by atoms with van der Waals surface area (Å²) < 4.78 is 4.84. The Morgan fingerprint density at radius 2 is 1.50 bits per heavy atom. The Morgan fingerprint density at radius 3 is 1.92 bits per heavy atom. The van der Waals surface area contributed by atoms with E-state index in [4.69, 9.17) is 4.74 Å². The standard InChI is InChI=1S/C13H15N3O8/c1-2-3-4-5-6-24-13(17)12-10(15(20)21)7-9(14(18)19)8-11(12)16(22)23/h7-8H,2-6H2,1H3. The van der Waals surface area contributed by atoms with E-state index in [0.29, 0.717) is 18.6 Å². The number of unbranched alkanes of at least 4 members (excludes halogenated alkanes) is 3. The van der Waals surface area contributed by atoms with Crippen LogP contribution in [0.1, 0.15) is 43.0 Å². The predicted octanol–water partition coefficient (Wildman–Crippen LogP) is 3.15. The molecule has 0 aliphatic heterocycles. The minimum absolute atomic E-state index is 0.0515. The lowest BCUT2D eigenvalue weighted by Gasteiger charge is -2.06. The number of nitro groups is 3. The molecule has 0 saturated heterocycles. The second-order valence-electron chi connectivity index (χ2n) is 4.83. The minimum atomic E-state index is -1.25. The molecule has 0 unspecified atom stereocenters. The highest BCUT2D eigenvalue weighted by Gasteiger charge is 2.35. The number of ether oxygens (including phenoxy) is 1. The van der Waals surface area contributed by atoms with Crippen LogP contribution in [-0.4, -0.2) is 27.3 Å². The summed E-state index contributed by atoms with van der Waals surface area (Å²) in [5.41, 5.74) is -3.82. The Morgan fingerprint density at radius 1 is 0.958 bits per heavy atom. The molecular formula is C13H15N3O8. The molecule has 0 bridgehead atoms. The third-order valence-corrected chi connectivity index (χ3v) is 3.12. The summed E-state index contributed by atoms with van der Waals surface area (Å²) >= 11 is 0. The summed E-state index contributed by atoms with van der Waals surface area (Å²) in [6.07, 6.45) is 3.14. The van der Waals surface area contributed by atoms with Gasteiger partial charge in [0.2, 0.25) is 5.56 Å². The van der Waals surface area contributed by atoms with Crippen LogP contribution in [0.2, 0.25) is 0 Å². The maximum absolute atomic E-state index is 12.0. The first kappa shape index (κ1) is 18.9. The van der Waals surface area contributed by atoms with Gasteiger partial charge in [-0.15, -0.1) is 0 Å². The largest absolute Gasteiger partial charge is 0.462 e. The number of nitrogens with zero attached hydrogens (tertiary/aromatic N) is 3. The van der Waals surface area contributed by atoms with E-state index in [0.717, 1.165) is 19.3 Å². The Balaban J connectivity index is 3.19. The first-order valence-electron chi connectivity index (χ1n) is 7.07. The van der Waals surface area contributed by atoms with Crippen LogP contribution in [0.3, 0.4) is 0 Å². The van der Waals surface area contributed by atoms with Crippen LogP contribution in [0.4, 0.5) is 17.1 Å². The monoisotopic (exact) mass is 341 g/mol. The smallest absolute Gasteiger partial charge is 0.352 e. The number of non-ortho nitro benzene ring substituents is 1. The molecule has 0 saturated carbocycles. The molecule has 0 fully saturated rings. The van der Waals surface area contributed by atoms with Gasteiger partial charge >= 0.3 is 5.97 Å². The van der Waals surface area contributed by atoms with Crippen LogP contribution in [0, 0.1) is 30.3 Å². The van der Waals surface area contributed by atoms with Gasteiger partial charge in [-0.3, -0.25) is 30.3 Å². The van der Waals surface area contributed by atoms with Gasteiger partial charge in [0.05, 0.1) is 33.5 Å². The summed E-state index contributed by atoms with van der Waals surface area (Å²) in [4.78, 5) is 41.7. The normalized spacial score (nSPS) is 10.2. The third kappa shape index (κ3) is 4.69. The minimum Gasteiger partial charge on any atom is -0.462 e. The van der Waals surface area contributed by atoms with Crippen molar-refractivity contribution in [2.75, 3.05) is 6.61 Å². The van der Waals surface area contributed by atoms with Crippen molar-refractivity contribution >= 4 is 23.0 Å². The van der Waals surface area contributed by atoms with Crippen LogP contribution in [0.15, 0.2) is 12.1 Å². The number of hydrogen-bond donors (Lipinski definition) is 0. The SMILES string of the molecule is CCCCCCOC(=O)c1c([N+](=O)[O-])cc([N+](=O)[O-])cc1[N+](=O)[O-]. The van der Waals surface area contributed by atoms with E-state index < -0.39 is 43.4 Å². The van der Waals surface area contributed by atoms with Crippen LogP contribution in [-0.2, 0) is 4.74 Å². The van der Waals surface area contributed by atoms with E-state index in [1.807, 2.05) is 6.92 Å². The summed E-state index contributed by atoms with van der Waals surface area (Å²) in [6.45, 7) is 1.93. The van der Waals surface area contributed by atoms with Gasteiger partial charge in [0.25, 0.3) is 17.1 Å². The first-order valence-corrected chi connectivity index (χ1v) is 7.07. The van der Waals surface area contributed by atoms with Crippen molar-refractivity contribution in [3.8, 4) is 0 Å². The van der Waals surface area contributed by atoms with Gasteiger partial charge in [0.15, 0.2) is 0 Å². The fraction of sp³-hybridized carbons (Fsp3) is 0.462. The maximum Gasteiger partial charge on any atom is 0.352 e. The van der Waals surface area contributed by atoms with E-state index in [2.05, 4.69) is 0 Å². The molecule has 0 N–H and O–H groups in total. The predicted molar refractivity (Wildman–Crippen MR) is 80.8 cm³/mol. The van der Waals surface area contributed by atoms with Crippen LogP contribution in [0.25, 0.3) is 0 Å². The lowest BCUT2D eigenvalue weighted by atomic mass is 10.1. The van der Waals surface area contributed by atoms with Crippen molar-refractivity contribution in [3.63, 3.8) is 0 Å². The molecule has 0 aliphatic rings. The first-order chi connectivity index (χ1) is 11.3. The number of carbonyl (C=O) groups is 1. The molecule has 11 nitrogen and oxygen atoms in total. The van der Waals surface area contributed by atoms with Crippen molar-refractivity contribution in [3.05, 3.63) is 48.0 Å². The quantitative estimate of drug-likeness (QED) is 0.287. The van der Waals surface area contributed by atoms with Crippen molar-refractivity contribution in [2.45, 2.75) is 32.6 Å². The van der Waals surface area contributed by atoms with Crippen molar-refractivity contribution in [2.24, 2.45) is 0 Å². The van der Waals surface area contributed by atoms with Crippen LogP contribution in [0.5, 0.6) is 0 Å². The van der Waals surface area contributed by atoms with Gasteiger partial charge in [-0.05, 0) is 6.42 Å². The molecule has 1 aromatic carbocycles. The summed E-state index contributed by atoms with van der Waals surface area (Å²) in [6, 6.07) is 1.00. The Labute approximate surface area is 135 Å². The number of carbonyl (C=O) groups excluding carboxylic acids is 1. The van der Waals surface area contributed by atoms with E-state index in [1.54, 1.807) is 0 Å². The van der Waals surface area contributed by atoms with Gasteiger partial charge in [-0.2, -0.15) is 0 Å². The van der Waals surface area contributed by atoms with Gasteiger partial charge < -0.3 is 4.74 Å². The lowest BCUT2D eigenvalue weighted by Crippen LogP contribution is -2.12. The van der Waals surface area contributed by atoms with Crippen molar-refractivity contribution in [1.29, 1.82) is 0 Å². The second-order valence-corrected chi connectivity index (χ2v) is 4.83. The summed E-state index contributed by atoms with van der Waals surface area (Å²) in [5.74, 6) is -1.25. The molecule has 24 heavy (non-hydrogen) atoms. The highest BCUT2D eigenvalue weighted by Crippen LogP contribution is 2.34. The van der Waals surface area contributed by atoms with Gasteiger partial charge in [0.1, 0.15) is 0 Å². The molecule has 0 aromatic heterocycles. The zero-order valence-electron chi connectivity index (χ0n) is 12.8. The van der Waals surface area contributed by atoms with Crippen molar-refractivity contribution in [1.82, 2.24) is 0 Å². The van der Waals surface area contributed by atoms with Gasteiger partial charge in [0, 0.05) is 0 Å². The zero-order valence-corrected chi connectivity index (χ0v) is 12.8. The molecular weight excluding hydrogens is 326 g/mol. The molecule has 1 rings (SSSR count). The maximum atomic E-state index is 12.0. The van der Waals surface area contributed by atoms with E-state index in [-0.39, 0.29) is 6.61 Å². The number of nitro benzene ring substituents is 3. The van der Waals surface area contributed by atoms with Gasteiger partial charge in [-0.25, -0.2) is 4.79 Å². The van der Waals surface area contributed by atoms with Gasteiger partial charge in [-0.1, -0.05) is 26.2 Å². The molecule has 0 amide bonds. The fourth-order valence-electron chi connectivity index (χ4n) is 1.97. The third-order valence-electron chi connectivity index (χ3n) is 3.12. The topological polar surface area (TPSA) is 156 Å². The number of rotatable bonds is 9. The Kier molecular flexibility index (Phi) is 6.71. The van der Waals surface area contributed by atoms with E-state index >= 15 is 0 Å². The lowest BCUT2D eigenvalue weighted by molar-refractivity contribution is -0.403.